The van der Waals surface area contributed by atoms with Crippen LogP contribution in [-0.2, 0) is 0 Å². The fourth-order valence-electron chi connectivity index (χ4n) is 2.35. The van der Waals surface area contributed by atoms with Crippen molar-refractivity contribution in [3.8, 4) is 22.8 Å². The monoisotopic (exact) mass is 338 g/mol. The summed E-state index contributed by atoms with van der Waals surface area (Å²) in [5.41, 5.74) is 1.77. The van der Waals surface area contributed by atoms with Gasteiger partial charge in [-0.2, -0.15) is 0 Å². The van der Waals surface area contributed by atoms with Crippen LogP contribution in [0.25, 0.3) is 11.3 Å². The number of rotatable bonds is 6. The van der Waals surface area contributed by atoms with Crippen LogP contribution in [0, 0.1) is 0 Å². The Morgan fingerprint density at radius 2 is 1.76 bits per heavy atom. The van der Waals surface area contributed by atoms with Crippen molar-refractivity contribution < 1.29 is 18.8 Å². The van der Waals surface area contributed by atoms with Crippen LogP contribution in [0.2, 0.25) is 0 Å². The third kappa shape index (κ3) is 3.80. The van der Waals surface area contributed by atoms with Crippen molar-refractivity contribution in [3.05, 3.63) is 60.3 Å². The average molecular weight is 338 g/mol. The zero-order valence-corrected chi connectivity index (χ0v) is 14.0. The predicted octanol–water partition coefficient (Wildman–Crippen LogP) is 4.00. The summed E-state index contributed by atoms with van der Waals surface area (Å²) in [6.45, 7) is 2.51. The Bertz CT molecular complexity index is 839. The highest BCUT2D eigenvalue weighted by Gasteiger charge is 2.18. The molecule has 0 saturated carbocycles. The zero-order chi connectivity index (χ0) is 17.6. The van der Waals surface area contributed by atoms with Crippen LogP contribution in [0.5, 0.6) is 11.5 Å². The molecule has 0 aliphatic heterocycles. The second kappa shape index (κ2) is 7.53. The number of ether oxygens (including phenoxy) is 2. The van der Waals surface area contributed by atoms with Crippen LogP contribution >= 0.6 is 0 Å². The Labute approximate surface area is 145 Å². The number of carbonyl (C=O) groups excluding carboxylic acids is 1. The van der Waals surface area contributed by atoms with Gasteiger partial charge < -0.3 is 19.3 Å². The Balaban J connectivity index is 1.77. The van der Waals surface area contributed by atoms with Crippen LogP contribution in [0.4, 0.5) is 5.69 Å². The van der Waals surface area contributed by atoms with Gasteiger partial charge in [0.15, 0.2) is 5.76 Å². The van der Waals surface area contributed by atoms with Crippen LogP contribution in [-0.4, -0.2) is 24.8 Å². The van der Waals surface area contributed by atoms with E-state index in [2.05, 4.69) is 10.5 Å². The van der Waals surface area contributed by atoms with E-state index in [9.17, 15) is 4.79 Å². The molecule has 0 saturated heterocycles. The average Bonchev–Trinajstić information content (AvgIpc) is 3.13. The van der Waals surface area contributed by atoms with Gasteiger partial charge in [-0.15, -0.1) is 0 Å². The molecule has 1 amide bonds. The molecule has 0 fully saturated rings. The van der Waals surface area contributed by atoms with E-state index in [0.717, 1.165) is 17.1 Å². The summed E-state index contributed by atoms with van der Waals surface area (Å²) in [5.74, 6) is 1.59. The van der Waals surface area contributed by atoms with Gasteiger partial charge in [0.1, 0.15) is 17.1 Å². The van der Waals surface area contributed by atoms with Crippen molar-refractivity contribution in [1.29, 1.82) is 0 Å². The number of methoxy groups -OCH3 is 1. The molecule has 128 valence electrons. The highest BCUT2D eigenvalue weighted by atomic mass is 16.5. The summed E-state index contributed by atoms with van der Waals surface area (Å²) < 4.78 is 15.8. The van der Waals surface area contributed by atoms with Gasteiger partial charge in [-0.05, 0) is 55.5 Å². The highest BCUT2D eigenvalue weighted by molar-refractivity contribution is 6.07. The van der Waals surface area contributed by atoms with Crippen molar-refractivity contribution in [3.63, 3.8) is 0 Å². The van der Waals surface area contributed by atoms with Crippen LogP contribution in [0.3, 0.4) is 0 Å². The maximum absolute atomic E-state index is 12.5. The van der Waals surface area contributed by atoms with E-state index in [1.54, 1.807) is 43.5 Å². The fraction of sp³-hybridized carbons (Fsp3) is 0.158. The highest BCUT2D eigenvalue weighted by Crippen LogP contribution is 2.26. The molecule has 6 heteroatoms. The maximum atomic E-state index is 12.5. The number of carbonyl (C=O) groups is 1. The second-order valence-electron chi connectivity index (χ2n) is 5.21. The number of benzene rings is 2. The molecule has 0 radical (unpaired) electrons. The standard InChI is InChI=1S/C19H18N2O4/c1-3-24-16-10-6-14(7-11-16)21-19(22)17-12-20-25-18(17)13-4-8-15(23-2)9-5-13/h4-12H,3H2,1-2H3,(H,21,22). The Kier molecular flexibility index (Phi) is 4.99. The molecular weight excluding hydrogens is 320 g/mol. The van der Waals surface area contributed by atoms with E-state index < -0.39 is 0 Å². The topological polar surface area (TPSA) is 73.6 Å². The van der Waals surface area contributed by atoms with E-state index in [1.807, 2.05) is 19.1 Å². The SMILES string of the molecule is CCOc1ccc(NC(=O)c2cnoc2-c2ccc(OC)cc2)cc1. The molecule has 0 aliphatic carbocycles. The summed E-state index contributed by atoms with van der Waals surface area (Å²) in [6.07, 6.45) is 1.41. The molecule has 25 heavy (non-hydrogen) atoms. The lowest BCUT2D eigenvalue weighted by molar-refractivity contribution is 0.102. The van der Waals surface area contributed by atoms with Crippen LogP contribution in [0.15, 0.2) is 59.3 Å². The fourth-order valence-corrected chi connectivity index (χ4v) is 2.35. The molecule has 0 bridgehead atoms. The molecule has 6 nitrogen and oxygen atoms in total. The Morgan fingerprint density at radius 3 is 2.40 bits per heavy atom. The number of nitrogens with one attached hydrogen (secondary N) is 1. The lowest BCUT2D eigenvalue weighted by atomic mass is 10.1. The number of hydrogen-bond donors (Lipinski definition) is 1. The number of anilines is 1. The molecular formula is C19H18N2O4. The Morgan fingerprint density at radius 1 is 1.08 bits per heavy atom. The first kappa shape index (κ1) is 16.6. The van der Waals surface area contributed by atoms with E-state index in [0.29, 0.717) is 23.6 Å². The summed E-state index contributed by atoms with van der Waals surface area (Å²) in [4.78, 5) is 12.5. The molecule has 0 unspecified atom stereocenters. The predicted molar refractivity (Wildman–Crippen MR) is 94.1 cm³/mol. The minimum Gasteiger partial charge on any atom is -0.497 e. The lowest BCUT2D eigenvalue weighted by Gasteiger charge is -2.07. The summed E-state index contributed by atoms with van der Waals surface area (Å²) in [6, 6.07) is 14.4. The maximum Gasteiger partial charge on any atom is 0.261 e. The molecule has 3 rings (SSSR count). The zero-order valence-electron chi connectivity index (χ0n) is 14.0. The summed E-state index contributed by atoms with van der Waals surface area (Å²) >= 11 is 0. The molecule has 3 aromatic rings. The molecule has 0 atom stereocenters. The van der Waals surface area contributed by atoms with Gasteiger partial charge in [-0.25, -0.2) is 0 Å². The van der Waals surface area contributed by atoms with Crippen LogP contribution in [0.1, 0.15) is 17.3 Å². The number of hydrogen-bond acceptors (Lipinski definition) is 5. The van der Waals surface area contributed by atoms with E-state index in [4.69, 9.17) is 14.0 Å². The summed E-state index contributed by atoms with van der Waals surface area (Å²) in [7, 11) is 1.60. The van der Waals surface area contributed by atoms with E-state index in [1.165, 1.54) is 6.20 Å². The third-order valence-corrected chi connectivity index (χ3v) is 3.59. The first-order chi connectivity index (χ1) is 12.2. The molecule has 1 heterocycles. The van der Waals surface area contributed by atoms with Gasteiger partial charge >= 0.3 is 0 Å². The normalized spacial score (nSPS) is 10.3. The van der Waals surface area contributed by atoms with E-state index in [-0.39, 0.29) is 5.91 Å². The minimum atomic E-state index is -0.295. The quantitative estimate of drug-likeness (QED) is 0.735. The van der Waals surface area contributed by atoms with Gasteiger partial charge in [0.25, 0.3) is 5.91 Å². The molecule has 1 aromatic heterocycles. The Hall–Kier alpha value is -3.28. The first-order valence-corrected chi connectivity index (χ1v) is 7.84. The lowest BCUT2D eigenvalue weighted by Crippen LogP contribution is -2.12. The smallest absolute Gasteiger partial charge is 0.261 e. The number of aromatic nitrogens is 1. The van der Waals surface area contributed by atoms with Crippen molar-refractivity contribution in [1.82, 2.24) is 5.16 Å². The van der Waals surface area contributed by atoms with E-state index >= 15 is 0 Å². The second-order valence-corrected chi connectivity index (χ2v) is 5.21. The van der Waals surface area contributed by atoms with Crippen LogP contribution < -0.4 is 14.8 Å². The van der Waals surface area contributed by atoms with Crippen molar-refractivity contribution in [2.24, 2.45) is 0 Å². The van der Waals surface area contributed by atoms with Gasteiger partial charge in [0, 0.05) is 11.3 Å². The first-order valence-electron chi connectivity index (χ1n) is 7.84. The molecule has 0 aliphatic rings. The minimum absolute atomic E-state index is 0.295. The van der Waals surface area contributed by atoms with Gasteiger partial charge in [0.05, 0.1) is 19.9 Å². The van der Waals surface area contributed by atoms with Gasteiger partial charge in [-0.3, -0.25) is 4.79 Å². The number of amides is 1. The number of nitrogens with zero attached hydrogens (tertiary/aromatic N) is 1. The van der Waals surface area contributed by atoms with Gasteiger partial charge in [-0.1, -0.05) is 5.16 Å². The van der Waals surface area contributed by atoms with Crippen molar-refractivity contribution in [2.45, 2.75) is 6.92 Å². The van der Waals surface area contributed by atoms with Crippen molar-refractivity contribution >= 4 is 11.6 Å². The third-order valence-electron chi connectivity index (χ3n) is 3.59. The molecule has 0 spiro atoms. The van der Waals surface area contributed by atoms with Crippen molar-refractivity contribution in [2.75, 3.05) is 19.0 Å². The molecule has 2 aromatic carbocycles. The summed E-state index contributed by atoms with van der Waals surface area (Å²) in [5, 5.41) is 6.58. The van der Waals surface area contributed by atoms with Gasteiger partial charge in [0.2, 0.25) is 0 Å². The largest absolute Gasteiger partial charge is 0.497 e. The molecule has 1 N–H and O–H groups in total.